The average molecular weight is 412 g/mol. The van der Waals surface area contributed by atoms with Gasteiger partial charge in [0, 0.05) is 33.9 Å². The normalized spacial score (nSPS) is 11.1. The number of nitrogens with one attached hydrogen (secondary N) is 2. The Labute approximate surface area is 178 Å². The lowest BCUT2D eigenvalue weighted by molar-refractivity contribution is 1.00. The van der Waals surface area contributed by atoms with Crippen LogP contribution in [-0.2, 0) is 6.54 Å². The molecule has 0 aliphatic carbocycles. The molecule has 2 N–H and O–H groups in total. The van der Waals surface area contributed by atoms with E-state index in [4.69, 9.17) is 9.97 Å². The number of hydrogen-bond acceptors (Lipinski definition) is 5. The van der Waals surface area contributed by atoms with E-state index in [0.717, 1.165) is 44.6 Å². The molecule has 0 saturated carbocycles. The third-order valence-electron chi connectivity index (χ3n) is 4.96. The van der Waals surface area contributed by atoms with E-state index in [0.29, 0.717) is 6.54 Å². The number of aromatic amines is 1. The highest BCUT2D eigenvalue weighted by molar-refractivity contribution is 7.22. The van der Waals surface area contributed by atoms with Crippen LogP contribution >= 0.6 is 11.3 Å². The lowest BCUT2D eigenvalue weighted by Gasteiger charge is -2.04. The van der Waals surface area contributed by atoms with Crippen LogP contribution in [0.15, 0.2) is 67.0 Å². The monoisotopic (exact) mass is 411 g/mol. The van der Waals surface area contributed by atoms with E-state index < -0.39 is 0 Å². The van der Waals surface area contributed by atoms with E-state index in [1.54, 1.807) is 11.3 Å². The molecule has 5 nitrogen and oxygen atoms in total. The minimum absolute atomic E-state index is 0.605. The number of thiophene rings is 1. The van der Waals surface area contributed by atoms with Gasteiger partial charge in [-0.25, -0.2) is 4.98 Å². The van der Waals surface area contributed by atoms with Gasteiger partial charge in [-0.15, -0.1) is 11.3 Å². The Balaban J connectivity index is 1.54. The summed E-state index contributed by atoms with van der Waals surface area (Å²) >= 11 is 1.73. The summed E-state index contributed by atoms with van der Waals surface area (Å²) in [6, 6.07) is 18.6. The zero-order valence-electron chi connectivity index (χ0n) is 16.8. The molecule has 6 heteroatoms. The Morgan fingerprint density at radius 1 is 1.00 bits per heavy atom. The van der Waals surface area contributed by atoms with Crippen molar-refractivity contribution in [2.45, 2.75) is 20.4 Å². The number of pyridine rings is 2. The van der Waals surface area contributed by atoms with Crippen LogP contribution < -0.4 is 5.32 Å². The summed E-state index contributed by atoms with van der Waals surface area (Å²) in [7, 11) is 0. The summed E-state index contributed by atoms with van der Waals surface area (Å²) < 4.78 is 1.21. The number of hydrogen-bond donors (Lipinski definition) is 2. The molecule has 0 bridgehead atoms. The van der Waals surface area contributed by atoms with Crippen molar-refractivity contribution in [3.8, 4) is 22.0 Å². The van der Waals surface area contributed by atoms with Crippen molar-refractivity contribution in [2.24, 2.45) is 0 Å². The highest BCUT2D eigenvalue weighted by atomic mass is 32.1. The van der Waals surface area contributed by atoms with Crippen LogP contribution in [-0.4, -0.2) is 19.9 Å². The summed E-state index contributed by atoms with van der Waals surface area (Å²) in [4.78, 5) is 18.5. The molecule has 1 aromatic carbocycles. The number of aryl methyl sites for hydroxylation is 2. The molecule has 30 heavy (non-hydrogen) atoms. The molecular formula is C24H21N5S. The number of anilines is 1. The highest BCUT2D eigenvalue weighted by Gasteiger charge is 2.17. The van der Waals surface area contributed by atoms with Crippen molar-refractivity contribution < 1.29 is 0 Å². The maximum absolute atomic E-state index is 4.91. The van der Waals surface area contributed by atoms with E-state index in [2.05, 4.69) is 52.5 Å². The van der Waals surface area contributed by atoms with Gasteiger partial charge >= 0.3 is 0 Å². The molecule has 0 saturated heterocycles. The fourth-order valence-electron chi connectivity index (χ4n) is 3.41. The maximum Gasteiger partial charge on any atom is 0.126 e. The summed E-state index contributed by atoms with van der Waals surface area (Å²) in [6.45, 7) is 4.69. The number of rotatable bonds is 5. The van der Waals surface area contributed by atoms with Gasteiger partial charge in [0.25, 0.3) is 0 Å². The van der Waals surface area contributed by atoms with Gasteiger partial charge in [0.1, 0.15) is 11.5 Å². The smallest absolute Gasteiger partial charge is 0.126 e. The number of benzene rings is 1. The Kier molecular flexibility index (Phi) is 4.77. The molecule has 4 heterocycles. The predicted molar refractivity (Wildman–Crippen MR) is 124 cm³/mol. The minimum atomic E-state index is 0.605. The second kappa shape index (κ2) is 7.72. The molecule has 148 valence electrons. The molecule has 0 unspecified atom stereocenters. The first-order chi connectivity index (χ1) is 14.7. The van der Waals surface area contributed by atoms with Crippen LogP contribution in [0, 0.1) is 13.8 Å². The third kappa shape index (κ3) is 3.69. The van der Waals surface area contributed by atoms with E-state index in [9.17, 15) is 0 Å². The van der Waals surface area contributed by atoms with Crippen molar-refractivity contribution in [1.82, 2.24) is 19.9 Å². The van der Waals surface area contributed by atoms with Gasteiger partial charge in [-0.3, -0.25) is 9.97 Å². The first-order valence-electron chi connectivity index (χ1n) is 9.83. The predicted octanol–water partition coefficient (Wildman–Crippen LogP) is 5.98. The first kappa shape index (κ1) is 18.5. The van der Waals surface area contributed by atoms with Gasteiger partial charge < -0.3 is 10.3 Å². The van der Waals surface area contributed by atoms with E-state index >= 15 is 0 Å². The van der Waals surface area contributed by atoms with E-state index in [1.165, 1.54) is 10.3 Å². The van der Waals surface area contributed by atoms with Crippen LogP contribution in [0.3, 0.4) is 0 Å². The topological polar surface area (TPSA) is 66.5 Å². The SMILES string of the molecule is Cc1ccc(NCc2nc(-c3cccc(C)n3)c(-c3cc4cnccc4s3)[nH]2)cc1. The van der Waals surface area contributed by atoms with Crippen LogP contribution in [0.4, 0.5) is 5.69 Å². The Morgan fingerprint density at radius 2 is 1.87 bits per heavy atom. The van der Waals surface area contributed by atoms with Crippen molar-refractivity contribution in [1.29, 1.82) is 0 Å². The molecule has 0 radical (unpaired) electrons. The van der Waals surface area contributed by atoms with Crippen molar-refractivity contribution in [3.05, 3.63) is 84.1 Å². The van der Waals surface area contributed by atoms with Gasteiger partial charge in [0.2, 0.25) is 0 Å². The van der Waals surface area contributed by atoms with Crippen molar-refractivity contribution in [2.75, 3.05) is 5.32 Å². The Morgan fingerprint density at radius 3 is 2.67 bits per heavy atom. The molecule has 5 aromatic rings. The molecule has 0 amide bonds. The fourth-order valence-corrected chi connectivity index (χ4v) is 4.44. The Hall–Kier alpha value is -3.51. The molecule has 0 aliphatic rings. The highest BCUT2D eigenvalue weighted by Crippen LogP contribution is 2.37. The maximum atomic E-state index is 4.91. The van der Waals surface area contributed by atoms with Gasteiger partial charge in [0.05, 0.1) is 22.8 Å². The number of imidazole rings is 1. The largest absolute Gasteiger partial charge is 0.378 e. The van der Waals surface area contributed by atoms with Gasteiger partial charge in [0.15, 0.2) is 0 Å². The first-order valence-corrected chi connectivity index (χ1v) is 10.6. The minimum Gasteiger partial charge on any atom is -0.378 e. The summed E-state index contributed by atoms with van der Waals surface area (Å²) in [6.07, 6.45) is 3.73. The zero-order valence-corrected chi connectivity index (χ0v) is 17.6. The average Bonchev–Trinajstić information content (AvgIpc) is 3.37. The van der Waals surface area contributed by atoms with Gasteiger partial charge in [-0.05, 0) is 50.2 Å². The summed E-state index contributed by atoms with van der Waals surface area (Å²) in [5.41, 5.74) is 6.03. The van der Waals surface area contributed by atoms with Gasteiger partial charge in [-0.1, -0.05) is 23.8 Å². The third-order valence-corrected chi connectivity index (χ3v) is 6.09. The molecule has 5 rings (SSSR count). The lowest BCUT2D eigenvalue weighted by atomic mass is 10.2. The number of fused-ring (bicyclic) bond motifs is 1. The van der Waals surface area contributed by atoms with E-state index in [-0.39, 0.29) is 0 Å². The molecule has 0 fully saturated rings. The zero-order chi connectivity index (χ0) is 20.5. The number of H-pyrrole nitrogens is 1. The lowest BCUT2D eigenvalue weighted by Crippen LogP contribution is -2.01. The quantitative estimate of drug-likeness (QED) is 0.373. The fraction of sp³-hybridized carbons (Fsp3) is 0.125. The van der Waals surface area contributed by atoms with Crippen molar-refractivity contribution in [3.63, 3.8) is 0 Å². The Bertz CT molecular complexity index is 1280. The van der Waals surface area contributed by atoms with Crippen LogP contribution in [0.2, 0.25) is 0 Å². The van der Waals surface area contributed by atoms with Crippen LogP contribution in [0.5, 0.6) is 0 Å². The number of nitrogens with zero attached hydrogens (tertiary/aromatic N) is 3. The van der Waals surface area contributed by atoms with Gasteiger partial charge in [-0.2, -0.15) is 0 Å². The molecular weight excluding hydrogens is 390 g/mol. The van der Waals surface area contributed by atoms with E-state index in [1.807, 2.05) is 43.6 Å². The second-order valence-electron chi connectivity index (χ2n) is 7.32. The molecule has 0 atom stereocenters. The van der Waals surface area contributed by atoms with Crippen LogP contribution in [0.1, 0.15) is 17.1 Å². The van der Waals surface area contributed by atoms with Crippen LogP contribution in [0.25, 0.3) is 32.0 Å². The van der Waals surface area contributed by atoms with Crippen molar-refractivity contribution >= 4 is 27.1 Å². The molecule has 4 aromatic heterocycles. The summed E-state index contributed by atoms with van der Waals surface area (Å²) in [5.74, 6) is 0.875. The molecule has 0 aliphatic heterocycles. The summed E-state index contributed by atoms with van der Waals surface area (Å²) in [5, 5.41) is 4.58. The number of aromatic nitrogens is 4. The standard InChI is InChI=1S/C24H21N5S/c1-15-6-8-18(9-7-15)26-14-22-28-23(19-5-3-4-16(2)27-19)24(29-22)21-12-17-13-25-11-10-20(17)30-21/h3-13,26H,14H2,1-2H3,(H,28,29). The molecule has 0 spiro atoms. The second-order valence-corrected chi connectivity index (χ2v) is 8.40.